The number of allylic oxidation sites excluding steroid dienone is 1. The lowest BCUT2D eigenvalue weighted by molar-refractivity contribution is -0.116. The van der Waals surface area contributed by atoms with Crippen LogP contribution in [-0.2, 0) is 4.79 Å². The number of benzene rings is 1. The monoisotopic (exact) mass is 378 g/mol. The molecule has 5 rings (SSSR count). The fourth-order valence-electron chi connectivity index (χ4n) is 3.91. The van der Waals surface area contributed by atoms with Crippen molar-refractivity contribution in [2.45, 2.75) is 24.8 Å². The van der Waals surface area contributed by atoms with E-state index in [0.717, 1.165) is 34.6 Å². The molecule has 0 spiro atoms. The maximum atomic E-state index is 13.2. The Labute approximate surface area is 160 Å². The summed E-state index contributed by atoms with van der Waals surface area (Å²) in [6, 6.07) is 14.4. The number of thiophene rings is 2. The molecule has 0 radical (unpaired) electrons. The number of carbonyl (C=O) groups is 1. The number of fused-ring (bicyclic) bond motifs is 1. The minimum atomic E-state index is -0.0933. The van der Waals surface area contributed by atoms with Crippen molar-refractivity contribution in [3.05, 3.63) is 80.3 Å². The Morgan fingerprint density at radius 1 is 0.962 bits per heavy atom. The SMILES string of the molecule is O=C1C[C@H](c2cccs2)CC2=C1[C@@H](c1ccsc1)Nc1ccccc1N2. The van der Waals surface area contributed by atoms with Crippen molar-refractivity contribution in [2.24, 2.45) is 0 Å². The van der Waals surface area contributed by atoms with Gasteiger partial charge in [-0.15, -0.1) is 11.3 Å². The van der Waals surface area contributed by atoms with Gasteiger partial charge in [0.2, 0.25) is 0 Å². The van der Waals surface area contributed by atoms with Gasteiger partial charge in [-0.3, -0.25) is 4.79 Å². The van der Waals surface area contributed by atoms with E-state index in [4.69, 9.17) is 0 Å². The van der Waals surface area contributed by atoms with E-state index in [1.54, 1.807) is 22.7 Å². The molecule has 1 aliphatic carbocycles. The summed E-state index contributed by atoms with van der Waals surface area (Å²) in [5.41, 5.74) is 5.19. The third-order valence-corrected chi connectivity index (χ3v) is 6.87. The van der Waals surface area contributed by atoms with E-state index in [9.17, 15) is 4.79 Å². The highest BCUT2D eigenvalue weighted by molar-refractivity contribution is 7.10. The zero-order valence-electron chi connectivity index (χ0n) is 14.1. The van der Waals surface area contributed by atoms with Gasteiger partial charge >= 0.3 is 0 Å². The molecule has 0 unspecified atom stereocenters. The Morgan fingerprint density at radius 2 is 1.85 bits per heavy atom. The second-order valence-corrected chi connectivity index (χ2v) is 8.50. The quantitative estimate of drug-likeness (QED) is 0.593. The number of anilines is 2. The van der Waals surface area contributed by atoms with Crippen LogP contribution in [0.3, 0.4) is 0 Å². The number of carbonyl (C=O) groups excluding carboxylic acids is 1. The molecule has 1 aliphatic heterocycles. The van der Waals surface area contributed by atoms with Crippen LogP contribution < -0.4 is 10.6 Å². The largest absolute Gasteiger partial charge is 0.372 e. The Morgan fingerprint density at radius 3 is 2.62 bits per heavy atom. The zero-order valence-corrected chi connectivity index (χ0v) is 15.7. The predicted octanol–water partition coefficient (Wildman–Crippen LogP) is 5.79. The van der Waals surface area contributed by atoms with Crippen LogP contribution in [0.2, 0.25) is 0 Å². The molecule has 1 aromatic carbocycles. The number of Topliss-reactive ketones (excluding diaryl/α,β-unsaturated/α-hetero) is 1. The van der Waals surface area contributed by atoms with Crippen LogP contribution in [0.1, 0.15) is 35.2 Å². The van der Waals surface area contributed by atoms with Gasteiger partial charge in [-0.2, -0.15) is 11.3 Å². The van der Waals surface area contributed by atoms with Gasteiger partial charge in [0.05, 0.1) is 17.4 Å². The zero-order chi connectivity index (χ0) is 17.5. The van der Waals surface area contributed by atoms with Crippen LogP contribution in [0.5, 0.6) is 0 Å². The average Bonchev–Trinajstić information content (AvgIpc) is 3.33. The molecule has 2 atom stereocenters. The molecule has 5 heteroatoms. The van der Waals surface area contributed by atoms with E-state index in [0.29, 0.717) is 6.42 Å². The first-order chi connectivity index (χ1) is 12.8. The minimum absolute atomic E-state index is 0.0933. The van der Waals surface area contributed by atoms with E-state index < -0.39 is 0 Å². The van der Waals surface area contributed by atoms with Gasteiger partial charge < -0.3 is 10.6 Å². The third kappa shape index (κ3) is 2.68. The van der Waals surface area contributed by atoms with Gasteiger partial charge in [-0.05, 0) is 52.4 Å². The van der Waals surface area contributed by atoms with Crippen molar-refractivity contribution in [3.63, 3.8) is 0 Å². The summed E-state index contributed by atoms with van der Waals surface area (Å²) in [5.74, 6) is 0.510. The summed E-state index contributed by atoms with van der Waals surface area (Å²) < 4.78 is 0. The number of rotatable bonds is 2. The number of para-hydroxylation sites is 2. The van der Waals surface area contributed by atoms with Crippen LogP contribution in [-0.4, -0.2) is 5.78 Å². The van der Waals surface area contributed by atoms with Crippen LogP contribution in [0, 0.1) is 0 Å². The van der Waals surface area contributed by atoms with E-state index in [1.807, 2.05) is 12.1 Å². The number of hydrogen-bond acceptors (Lipinski definition) is 5. The van der Waals surface area contributed by atoms with Crippen molar-refractivity contribution in [3.8, 4) is 0 Å². The lowest BCUT2D eigenvalue weighted by Gasteiger charge is -2.28. The highest BCUT2D eigenvalue weighted by atomic mass is 32.1. The Kier molecular flexibility index (Phi) is 3.91. The van der Waals surface area contributed by atoms with E-state index in [1.165, 1.54) is 4.88 Å². The van der Waals surface area contributed by atoms with Crippen molar-refractivity contribution >= 4 is 39.8 Å². The molecular weight excluding hydrogens is 360 g/mol. The van der Waals surface area contributed by atoms with Gasteiger partial charge in [-0.25, -0.2) is 0 Å². The van der Waals surface area contributed by atoms with Crippen molar-refractivity contribution < 1.29 is 4.79 Å². The molecule has 3 aromatic rings. The molecular formula is C21H18N2OS2. The molecule has 2 aliphatic rings. The maximum absolute atomic E-state index is 13.2. The van der Waals surface area contributed by atoms with Crippen LogP contribution in [0.4, 0.5) is 11.4 Å². The minimum Gasteiger partial charge on any atom is -0.372 e. The molecule has 26 heavy (non-hydrogen) atoms. The van der Waals surface area contributed by atoms with Crippen molar-refractivity contribution in [1.29, 1.82) is 0 Å². The number of hydrogen-bond donors (Lipinski definition) is 2. The van der Waals surface area contributed by atoms with Crippen LogP contribution in [0.25, 0.3) is 0 Å². The van der Waals surface area contributed by atoms with Crippen molar-refractivity contribution in [2.75, 3.05) is 10.6 Å². The standard InChI is InChI=1S/C21H18N2OS2/c24-18-11-14(19-6-3-8-26-19)10-17-20(18)21(13-7-9-25-12-13)23-16-5-2-1-4-15(16)22-17/h1-9,12,14,21-23H,10-11H2/t14-,21-/m1/s1. The fourth-order valence-corrected chi connectivity index (χ4v) is 5.42. The molecule has 130 valence electrons. The molecule has 3 nitrogen and oxygen atoms in total. The lowest BCUT2D eigenvalue weighted by Crippen LogP contribution is -2.26. The van der Waals surface area contributed by atoms with Gasteiger partial charge in [0.1, 0.15) is 0 Å². The predicted molar refractivity (Wildman–Crippen MR) is 109 cm³/mol. The second kappa shape index (κ2) is 6.41. The topological polar surface area (TPSA) is 41.1 Å². The molecule has 2 aromatic heterocycles. The average molecular weight is 379 g/mol. The van der Waals surface area contributed by atoms with E-state index in [2.05, 4.69) is 57.1 Å². The van der Waals surface area contributed by atoms with Crippen LogP contribution >= 0.6 is 22.7 Å². The van der Waals surface area contributed by atoms with E-state index in [-0.39, 0.29) is 17.7 Å². The Hall–Kier alpha value is -2.37. The molecule has 0 amide bonds. The van der Waals surface area contributed by atoms with Crippen molar-refractivity contribution in [1.82, 2.24) is 0 Å². The Bertz CT molecular complexity index is 973. The highest BCUT2D eigenvalue weighted by Crippen LogP contribution is 2.45. The third-order valence-electron chi connectivity index (χ3n) is 5.13. The highest BCUT2D eigenvalue weighted by Gasteiger charge is 2.36. The molecule has 2 N–H and O–H groups in total. The number of nitrogens with one attached hydrogen (secondary N) is 2. The fraction of sp³-hybridized carbons (Fsp3) is 0.190. The summed E-state index contributed by atoms with van der Waals surface area (Å²) in [5, 5.41) is 13.5. The Balaban J connectivity index is 1.62. The molecule has 0 saturated carbocycles. The normalized spacial score (nSPS) is 22.1. The molecule has 3 heterocycles. The lowest BCUT2D eigenvalue weighted by atomic mass is 9.81. The summed E-state index contributed by atoms with van der Waals surface area (Å²) in [4.78, 5) is 14.5. The van der Waals surface area contributed by atoms with Gasteiger partial charge in [0.15, 0.2) is 5.78 Å². The molecule has 0 fully saturated rings. The first-order valence-electron chi connectivity index (χ1n) is 8.74. The smallest absolute Gasteiger partial charge is 0.163 e. The summed E-state index contributed by atoms with van der Waals surface area (Å²) in [7, 11) is 0. The van der Waals surface area contributed by atoms with Gasteiger partial charge in [-0.1, -0.05) is 18.2 Å². The second-order valence-electron chi connectivity index (χ2n) is 6.74. The molecule has 0 bridgehead atoms. The van der Waals surface area contributed by atoms with E-state index >= 15 is 0 Å². The summed E-state index contributed by atoms with van der Waals surface area (Å²) in [6.07, 6.45) is 1.46. The maximum Gasteiger partial charge on any atom is 0.163 e. The summed E-state index contributed by atoms with van der Waals surface area (Å²) in [6.45, 7) is 0. The van der Waals surface area contributed by atoms with Gasteiger partial charge in [0.25, 0.3) is 0 Å². The van der Waals surface area contributed by atoms with Gasteiger partial charge in [0, 0.05) is 28.5 Å². The first kappa shape index (κ1) is 15.9. The summed E-state index contributed by atoms with van der Waals surface area (Å²) >= 11 is 3.41. The van der Waals surface area contributed by atoms with Crippen LogP contribution in [0.15, 0.2) is 69.9 Å². The number of ketones is 1. The molecule has 0 saturated heterocycles. The first-order valence-corrected chi connectivity index (χ1v) is 10.6.